The largest absolute Gasteiger partial charge is 0.493 e. The molecule has 0 spiro atoms. The molecule has 0 aliphatic heterocycles. The number of hydrogen-bond acceptors (Lipinski definition) is 5. The SMILES string of the molecule is CCOc1ccccc1-c1nc(CC(=O)NCC(c2cccc(F)c2)N(C)C)cs1. The summed E-state index contributed by atoms with van der Waals surface area (Å²) in [5.41, 5.74) is 2.46. The van der Waals surface area contributed by atoms with E-state index in [1.165, 1.54) is 23.5 Å². The van der Waals surface area contributed by atoms with Crippen LogP contribution in [-0.2, 0) is 11.2 Å². The number of amides is 1. The summed E-state index contributed by atoms with van der Waals surface area (Å²) in [4.78, 5) is 19.1. The van der Waals surface area contributed by atoms with Crippen LogP contribution in [0.15, 0.2) is 53.9 Å². The van der Waals surface area contributed by atoms with Gasteiger partial charge in [0.25, 0.3) is 0 Å². The van der Waals surface area contributed by atoms with Crippen molar-refractivity contribution in [3.63, 3.8) is 0 Å². The minimum atomic E-state index is -0.284. The quantitative estimate of drug-likeness (QED) is 0.553. The summed E-state index contributed by atoms with van der Waals surface area (Å²) in [6.45, 7) is 2.91. The average molecular weight is 428 g/mol. The Morgan fingerprint density at radius 3 is 2.77 bits per heavy atom. The van der Waals surface area contributed by atoms with Crippen LogP contribution in [0.25, 0.3) is 10.6 Å². The number of ether oxygens (including phenoxy) is 1. The van der Waals surface area contributed by atoms with Crippen molar-refractivity contribution in [3.05, 3.63) is 71.0 Å². The van der Waals surface area contributed by atoms with Gasteiger partial charge in [-0.2, -0.15) is 0 Å². The summed E-state index contributed by atoms with van der Waals surface area (Å²) in [5.74, 6) is 0.385. The van der Waals surface area contributed by atoms with Crippen LogP contribution in [-0.4, -0.2) is 43.0 Å². The van der Waals surface area contributed by atoms with Crippen molar-refractivity contribution in [2.24, 2.45) is 0 Å². The van der Waals surface area contributed by atoms with E-state index in [0.29, 0.717) is 18.8 Å². The fraction of sp³-hybridized carbons (Fsp3) is 0.304. The van der Waals surface area contributed by atoms with Crippen LogP contribution in [0, 0.1) is 5.82 Å². The highest BCUT2D eigenvalue weighted by Crippen LogP contribution is 2.32. The Labute approximate surface area is 180 Å². The Morgan fingerprint density at radius 1 is 1.23 bits per heavy atom. The third-order valence-electron chi connectivity index (χ3n) is 4.66. The number of nitrogens with zero attached hydrogens (tertiary/aromatic N) is 2. The lowest BCUT2D eigenvalue weighted by molar-refractivity contribution is -0.120. The highest BCUT2D eigenvalue weighted by Gasteiger charge is 2.17. The third-order valence-corrected chi connectivity index (χ3v) is 5.58. The second kappa shape index (κ2) is 10.3. The summed E-state index contributed by atoms with van der Waals surface area (Å²) in [6, 6.07) is 14.1. The van der Waals surface area contributed by atoms with E-state index in [2.05, 4.69) is 10.3 Å². The molecule has 0 radical (unpaired) electrons. The van der Waals surface area contributed by atoms with Crippen molar-refractivity contribution < 1.29 is 13.9 Å². The van der Waals surface area contributed by atoms with Gasteiger partial charge in [0, 0.05) is 11.9 Å². The smallest absolute Gasteiger partial charge is 0.226 e. The number of hydrogen-bond donors (Lipinski definition) is 1. The first kappa shape index (κ1) is 21.9. The molecule has 1 N–H and O–H groups in total. The number of para-hydroxylation sites is 1. The van der Waals surface area contributed by atoms with Crippen LogP contribution in [0.3, 0.4) is 0 Å². The van der Waals surface area contributed by atoms with E-state index in [0.717, 1.165) is 21.9 Å². The Kier molecular flexibility index (Phi) is 7.54. The maximum absolute atomic E-state index is 13.6. The Bertz CT molecular complexity index is 990. The Balaban J connectivity index is 1.63. The van der Waals surface area contributed by atoms with Crippen molar-refractivity contribution in [2.45, 2.75) is 19.4 Å². The molecule has 0 aliphatic carbocycles. The highest BCUT2D eigenvalue weighted by atomic mass is 32.1. The van der Waals surface area contributed by atoms with Gasteiger partial charge in [0.1, 0.15) is 16.6 Å². The lowest BCUT2D eigenvalue weighted by atomic mass is 10.1. The van der Waals surface area contributed by atoms with E-state index in [4.69, 9.17) is 4.74 Å². The van der Waals surface area contributed by atoms with Gasteiger partial charge in [-0.05, 0) is 50.8 Å². The lowest BCUT2D eigenvalue weighted by Crippen LogP contribution is -2.35. The van der Waals surface area contributed by atoms with E-state index in [-0.39, 0.29) is 24.2 Å². The van der Waals surface area contributed by atoms with Crippen LogP contribution in [0.4, 0.5) is 4.39 Å². The summed E-state index contributed by atoms with van der Waals surface area (Å²) in [5, 5.41) is 5.67. The van der Waals surface area contributed by atoms with E-state index < -0.39 is 0 Å². The molecule has 0 bridgehead atoms. The van der Waals surface area contributed by atoms with Crippen LogP contribution < -0.4 is 10.1 Å². The average Bonchev–Trinajstić information content (AvgIpc) is 3.17. The van der Waals surface area contributed by atoms with Gasteiger partial charge in [0.05, 0.1) is 30.3 Å². The summed E-state index contributed by atoms with van der Waals surface area (Å²) < 4.78 is 19.2. The first-order valence-corrected chi connectivity index (χ1v) is 10.7. The van der Waals surface area contributed by atoms with Crippen molar-refractivity contribution in [1.82, 2.24) is 15.2 Å². The first-order valence-electron chi connectivity index (χ1n) is 9.83. The second-order valence-corrected chi connectivity index (χ2v) is 7.95. The summed E-state index contributed by atoms with van der Waals surface area (Å²) in [6.07, 6.45) is 0.191. The molecule has 1 heterocycles. The highest BCUT2D eigenvalue weighted by molar-refractivity contribution is 7.13. The van der Waals surface area contributed by atoms with Gasteiger partial charge >= 0.3 is 0 Å². The maximum atomic E-state index is 13.6. The molecule has 0 saturated carbocycles. The predicted octanol–water partition coefficient (Wildman–Crippen LogP) is 4.31. The molecule has 0 fully saturated rings. The van der Waals surface area contributed by atoms with E-state index in [1.807, 2.05) is 61.6 Å². The molecule has 0 saturated heterocycles. The number of rotatable bonds is 9. The molecule has 2 aromatic carbocycles. The number of aromatic nitrogens is 1. The number of nitrogens with one attached hydrogen (secondary N) is 1. The van der Waals surface area contributed by atoms with Crippen molar-refractivity contribution >= 4 is 17.2 Å². The summed E-state index contributed by atoms with van der Waals surface area (Å²) in [7, 11) is 3.81. The van der Waals surface area contributed by atoms with Crippen molar-refractivity contribution in [3.8, 4) is 16.3 Å². The monoisotopic (exact) mass is 427 g/mol. The molecule has 3 rings (SSSR count). The predicted molar refractivity (Wildman–Crippen MR) is 118 cm³/mol. The number of likely N-dealkylation sites (N-methyl/N-ethyl adjacent to an activating group) is 1. The number of carbonyl (C=O) groups excluding carboxylic acids is 1. The lowest BCUT2D eigenvalue weighted by Gasteiger charge is -2.25. The first-order chi connectivity index (χ1) is 14.5. The van der Waals surface area contributed by atoms with E-state index >= 15 is 0 Å². The van der Waals surface area contributed by atoms with Crippen LogP contribution in [0.5, 0.6) is 5.75 Å². The van der Waals surface area contributed by atoms with E-state index in [9.17, 15) is 9.18 Å². The standard InChI is InChI=1S/C23H26FN3O2S/c1-4-29-21-11-6-5-10-19(21)23-26-18(15-30-23)13-22(28)25-14-20(27(2)3)16-8-7-9-17(24)12-16/h5-12,15,20H,4,13-14H2,1-3H3,(H,25,28). The normalized spacial score (nSPS) is 12.0. The van der Waals surface area contributed by atoms with Crippen LogP contribution in [0.1, 0.15) is 24.2 Å². The minimum absolute atomic E-state index is 0.117. The molecule has 1 aromatic heterocycles. The topological polar surface area (TPSA) is 54.5 Å². The summed E-state index contributed by atoms with van der Waals surface area (Å²) >= 11 is 1.49. The number of halogens is 1. The molecule has 0 aliphatic rings. The Morgan fingerprint density at radius 2 is 2.03 bits per heavy atom. The van der Waals surface area contributed by atoms with Gasteiger partial charge in [-0.25, -0.2) is 9.37 Å². The van der Waals surface area contributed by atoms with Gasteiger partial charge < -0.3 is 15.0 Å². The van der Waals surface area contributed by atoms with Crippen molar-refractivity contribution in [2.75, 3.05) is 27.2 Å². The second-order valence-electron chi connectivity index (χ2n) is 7.09. The zero-order valence-electron chi connectivity index (χ0n) is 17.4. The maximum Gasteiger partial charge on any atom is 0.226 e. The number of benzene rings is 2. The molecule has 3 aromatic rings. The molecule has 5 nitrogen and oxygen atoms in total. The zero-order chi connectivity index (χ0) is 21.5. The van der Waals surface area contributed by atoms with E-state index in [1.54, 1.807) is 6.07 Å². The van der Waals surface area contributed by atoms with Gasteiger partial charge in [-0.3, -0.25) is 4.79 Å². The fourth-order valence-electron chi connectivity index (χ4n) is 3.19. The van der Waals surface area contributed by atoms with Gasteiger partial charge in [0.2, 0.25) is 5.91 Å². The molecular weight excluding hydrogens is 401 g/mol. The molecular formula is C23H26FN3O2S. The molecule has 30 heavy (non-hydrogen) atoms. The van der Waals surface area contributed by atoms with Gasteiger partial charge in [-0.15, -0.1) is 11.3 Å². The van der Waals surface area contributed by atoms with Crippen LogP contribution >= 0.6 is 11.3 Å². The molecule has 1 atom stereocenters. The van der Waals surface area contributed by atoms with Crippen LogP contribution in [0.2, 0.25) is 0 Å². The fourth-order valence-corrected chi connectivity index (χ4v) is 4.04. The zero-order valence-corrected chi connectivity index (χ0v) is 18.2. The minimum Gasteiger partial charge on any atom is -0.493 e. The Hall–Kier alpha value is -2.77. The molecule has 1 amide bonds. The van der Waals surface area contributed by atoms with Gasteiger partial charge in [-0.1, -0.05) is 24.3 Å². The molecule has 1 unspecified atom stereocenters. The molecule has 158 valence electrons. The number of carbonyl (C=O) groups is 1. The molecule has 7 heteroatoms. The number of thiazole rings is 1. The van der Waals surface area contributed by atoms with Gasteiger partial charge in [0.15, 0.2) is 0 Å². The third kappa shape index (κ3) is 5.64. The van der Waals surface area contributed by atoms with Crippen molar-refractivity contribution in [1.29, 1.82) is 0 Å².